The molecule has 0 bridgehead atoms. The van der Waals surface area contributed by atoms with Gasteiger partial charge in [0.15, 0.2) is 0 Å². The highest BCUT2D eigenvalue weighted by Gasteiger charge is 2.15. The topological polar surface area (TPSA) is 21.3 Å². The number of methoxy groups -OCH3 is 1. The van der Waals surface area contributed by atoms with Crippen molar-refractivity contribution >= 4 is 11.6 Å². The molecule has 1 atom stereocenters. The van der Waals surface area contributed by atoms with Gasteiger partial charge in [-0.25, -0.2) is 4.39 Å². The molecule has 106 valence electrons. The van der Waals surface area contributed by atoms with Crippen LogP contribution < -0.4 is 10.1 Å². The van der Waals surface area contributed by atoms with E-state index in [0.29, 0.717) is 10.8 Å². The molecule has 0 aliphatic rings. The molecule has 2 rings (SSSR count). The van der Waals surface area contributed by atoms with Gasteiger partial charge in [-0.2, -0.15) is 0 Å². The van der Waals surface area contributed by atoms with Gasteiger partial charge in [0.25, 0.3) is 0 Å². The van der Waals surface area contributed by atoms with Crippen molar-refractivity contribution in [2.75, 3.05) is 13.7 Å². The Morgan fingerprint density at radius 1 is 1.20 bits per heavy atom. The summed E-state index contributed by atoms with van der Waals surface area (Å²) in [7, 11) is 1.58. The van der Waals surface area contributed by atoms with Crippen molar-refractivity contribution in [3.63, 3.8) is 0 Å². The molecule has 0 aliphatic carbocycles. The van der Waals surface area contributed by atoms with Gasteiger partial charge < -0.3 is 10.1 Å². The zero-order valence-corrected chi connectivity index (χ0v) is 12.2. The molecule has 0 spiro atoms. The Bertz CT molecular complexity index is 588. The van der Waals surface area contributed by atoms with Crippen LogP contribution in [0.3, 0.4) is 0 Å². The number of halogens is 2. The number of benzene rings is 2. The van der Waals surface area contributed by atoms with Gasteiger partial charge in [0.2, 0.25) is 0 Å². The van der Waals surface area contributed by atoms with Crippen LogP contribution in [-0.4, -0.2) is 13.7 Å². The van der Waals surface area contributed by atoms with E-state index in [9.17, 15) is 4.39 Å². The van der Waals surface area contributed by atoms with E-state index in [2.05, 4.69) is 5.32 Å². The Morgan fingerprint density at radius 3 is 2.60 bits per heavy atom. The maximum atomic E-state index is 13.4. The van der Waals surface area contributed by atoms with Crippen molar-refractivity contribution in [2.45, 2.75) is 13.0 Å². The van der Waals surface area contributed by atoms with Crippen LogP contribution in [0.15, 0.2) is 42.5 Å². The summed E-state index contributed by atoms with van der Waals surface area (Å²) < 4.78 is 18.7. The first-order chi connectivity index (χ1) is 9.65. The van der Waals surface area contributed by atoms with Crippen LogP contribution in [0.1, 0.15) is 24.1 Å². The summed E-state index contributed by atoms with van der Waals surface area (Å²) in [5.41, 5.74) is 1.86. The van der Waals surface area contributed by atoms with Crippen molar-refractivity contribution in [1.29, 1.82) is 0 Å². The van der Waals surface area contributed by atoms with E-state index in [-0.39, 0.29) is 11.9 Å². The molecule has 0 aliphatic heterocycles. The van der Waals surface area contributed by atoms with Gasteiger partial charge in [0.05, 0.1) is 18.2 Å². The van der Waals surface area contributed by atoms with E-state index in [0.717, 1.165) is 17.7 Å². The molecule has 0 saturated carbocycles. The molecule has 0 fully saturated rings. The molecule has 1 unspecified atom stereocenters. The van der Waals surface area contributed by atoms with Crippen LogP contribution in [0.2, 0.25) is 5.02 Å². The zero-order chi connectivity index (χ0) is 14.5. The normalized spacial score (nSPS) is 12.2. The number of hydrogen-bond donors (Lipinski definition) is 1. The van der Waals surface area contributed by atoms with Crippen molar-refractivity contribution in [3.05, 3.63) is 64.4 Å². The van der Waals surface area contributed by atoms with Crippen molar-refractivity contribution in [1.82, 2.24) is 5.32 Å². The maximum absolute atomic E-state index is 13.4. The first-order valence-electron chi connectivity index (χ1n) is 6.48. The summed E-state index contributed by atoms with van der Waals surface area (Å²) in [5, 5.41) is 3.91. The minimum absolute atomic E-state index is 0.0955. The zero-order valence-electron chi connectivity index (χ0n) is 11.5. The van der Waals surface area contributed by atoms with Crippen LogP contribution in [0.25, 0.3) is 0 Å². The fourth-order valence-corrected chi connectivity index (χ4v) is 2.37. The predicted molar refractivity (Wildman–Crippen MR) is 79.9 cm³/mol. The van der Waals surface area contributed by atoms with Gasteiger partial charge >= 0.3 is 0 Å². The number of hydrogen-bond acceptors (Lipinski definition) is 2. The first-order valence-corrected chi connectivity index (χ1v) is 6.85. The van der Waals surface area contributed by atoms with Crippen LogP contribution in [0.5, 0.6) is 5.75 Å². The molecular formula is C16H17ClFNO. The Balaban J connectivity index is 2.42. The molecule has 0 radical (unpaired) electrons. The summed E-state index contributed by atoms with van der Waals surface area (Å²) in [6.07, 6.45) is 0. The predicted octanol–water partition coefficient (Wildman–Crippen LogP) is 4.19. The highest BCUT2D eigenvalue weighted by Crippen LogP contribution is 2.30. The number of rotatable bonds is 5. The monoisotopic (exact) mass is 293 g/mol. The standard InChI is InChI=1S/C16H17ClFNO/c1-3-19-16(11-5-4-6-13(18)9-11)12-7-8-14(17)15(10-12)20-2/h4-10,16,19H,3H2,1-2H3. The van der Waals surface area contributed by atoms with Crippen molar-refractivity contribution in [3.8, 4) is 5.75 Å². The Kier molecular flexibility index (Phi) is 4.99. The highest BCUT2D eigenvalue weighted by atomic mass is 35.5. The van der Waals surface area contributed by atoms with Gasteiger partial charge in [0.1, 0.15) is 11.6 Å². The fraction of sp³-hybridized carbons (Fsp3) is 0.250. The van der Waals surface area contributed by atoms with Crippen LogP contribution in [-0.2, 0) is 0 Å². The Hall–Kier alpha value is -1.58. The van der Waals surface area contributed by atoms with Gasteiger partial charge in [-0.1, -0.05) is 36.7 Å². The van der Waals surface area contributed by atoms with Crippen molar-refractivity contribution < 1.29 is 9.13 Å². The molecule has 4 heteroatoms. The van der Waals surface area contributed by atoms with Gasteiger partial charge in [-0.15, -0.1) is 0 Å². The first kappa shape index (κ1) is 14.8. The Morgan fingerprint density at radius 2 is 1.95 bits per heavy atom. The lowest BCUT2D eigenvalue weighted by Crippen LogP contribution is -2.22. The van der Waals surface area contributed by atoms with Crippen molar-refractivity contribution in [2.24, 2.45) is 0 Å². The molecular weight excluding hydrogens is 277 g/mol. The largest absolute Gasteiger partial charge is 0.495 e. The minimum Gasteiger partial charge on any atom is -0.495 e. The molecule has 2 aromatic carbocycles. The lowest BCUT2D eigenvalue weighted by atomic mass is 9.98. The van der Waals surface area contributed by atoms with Gasteiger partial charge in [-0.05, 0) is 41.9 Å². The average Bonchev–Trinajstić information content (AvgIpc) is 2.45. The third kappa shape index (κ3) is 3.30. The van der Waals surface area contributed by atoms with E-state index < -0.39 is 0 Å². The molecule has 20 heavy (non-hydrogen) atoms. The third-order valence-electron chi connectivity index (χ3n) is 3.10. The Labute approximate surface area is 123 Å². The van der Waals surface area contributed by atoms with E-state index in [1.807, 2.05) is 25.1 Å². The SMILES string of the molecule is CCNC(c1cccc(F)c1)c1ccc(Cl)c(OC)c1. The maximum Gasteiger partial charge on any atom is 0.137 e. The lowest BCUT2D eigenvalue weighted by Gasteiger charge is -2.20. The summed E-state index contributed by atoms with van der Waals surface area (Å²) in [6, 6.07) is 12.1. The van der Waals surface area contributed by atoms with Gasteiger partial charge in [-0.3, -0.25) is 0 Å². The van der Waals surface area contributed by atoms with E-state index >= 15 is 0 Å². The quantitative estimate of drug-likeness (QED) is 0.892. The van der Waals surface area contributed by atoms with E-state index in [1.54, 1.807) is 19.2 Å². The molecule has 0 aromatic heterocycles. The summed E-state index contributed by atoms with van der Waals surface area (Å²) in [6.45, 7) is 2.78. The van der Waals surface area contributed by atoms with Crippen LogP contribution in [0, 0.1) is 5.82 Å². The van der Waals surface area contributed by atoms with E-state index in [1.165, 1.54) is 12.1 Å². The van der Waals surface area contributed by atoms with Crippen LogP contribution in [0.4, 0.5) is 4.39 Å². The number of ether oxygens (including phenoxy) is 1. The summed E-state index contributed by atoms with van der Waals surface area (Å²) in [5.74, 6) is 0.370. The second kappa shape index (κ2) is 6.73. The lowest BCUT2D eigenvalue weighted by molar-refractivity contribution is 0.414. The smallest absolute Gasteiger partial charge is 0.137 e. The molecule has 2 nitrogen and oxygen atoms in total. The highest BCUT2D eigenvalue weighted by molar-refractivity contribution is 6.32. The number of nitrogens with one attached hydrogen (secondary N) is 1. The minimum atomic E-state index is -0.244. The average molecular weight is 294 g/mol. The summed E-state index contributed by atoms with van der Waals surface area (Å²) >= 11 is 6.04. The fourth-order valence-electron chi connectivity index (χ4n) is 2.17. The molecule has 0 amide bonds. The second-order valence-electron chi connectivity index (χ2n) is 4.44. The second-order valence-corrected chi connectivity index (χ2v) is 4.85. The molecule has 1 N–H and O–H groups in total. The third-order valence-corrected chi connectivity index (χ3v) is 3.41. The van der Waals surface area contributed by atoms with Gasteiger partial charge in [0, 0.05) is 0 Å². The molecule has 0 heterocycles. The van der Waals surface area contributed by atoms with E-state index in [4.69, 9.17) is 16.3 Å². The van der Waals surface area contributed by atoms with Crippen LogP contribution >= 0.6 is 11.6 Å². The molecule has 2 aromatic rings. The molecule has 0 saturated heterocycles. The summed E-state index contributed by atoms with van der Waals surface area (Å²) in [4.78, 5) is 0.